The van der Waals surface area contributed by atoms with E-state index in [-0.39, 0.29) is 0 Å². The van der Waals surface area contributed by atoms with E-state index in [0.717, 1.165) is 16.0 Å². The standard InChI is InChI=1S/C24H35N3O5/c1-10-27(21(30)18(14-28)25-22(31)32-24(7,8)9)19(20(29)26-23(4,5)6)17-13-15(2)11-12-16(17)3/h1,11-13,18-19,28H,14H2,2-9H3,(H,25,31)(H,26,29). The van der Waals surface area contributed by atoms with E-state index in [2.05, 4.69) is 16.7 Å². The van der Waals surface area contributed by atoms with E-state index < -0.39 is 47.7 Å². The fraction of sp³-hybridized carbons (Fsp3) is 0.542. The fourth-order valence-electron chi connectivity index (χ4n) is 2.96. The largest absolute Gasteiger partial charge is 0.444 e. The second-order valence-corrected chi connectivity index (χ2v) is 9.72. The van der Waals surface area contributed by atoms with E-state index in [1.165, 1.54) is 0 Å². The van der Waals surface area contributed by atoms with Crippen LogP contribution in [0.15, 0.2) is 18.2 Å². The van der Waals surface area contributed by atoms with E-state index >= 15 is 0 Å². The molecule has 32 heavy (non-hydrogen) atoms. The summed E-state index contributed by atoms with van der Waals surface area (Å²) in [5, 5.41) is 15.0. The molecule has 1 aromatic rings. The third kappa shape index (κ3) is 7.89. The first-order chi connectivity index (χ1) is 14.6. The first kappa shape index (κ1) is 27.0. The molecule has 0 heterocycles. The van der Waals surface area contributed by atoms with Crippen molar-refractivity contribution >= 4 is 17.9 Å². The van der Waals surface area contributed by atoms with Crippen LogP contribution in [0, 0.1) is 26.3 Å². The highest BCUT2D eigenvalue weighted by atomic mass is 16.6. The summed E-state index contributed by atoms with van der Waals surface area (Å²) in [6, 6.07) is 5.22. The number of aryl methyl sites for hydroxylation is 2. The number of benzene rings is 1. The van der Waals surface area contributed by atoms with Gasteiger partial charge in [0.2, 0.25) is 5.91 Å². The van der Waals surface area contributed by atoms with Crippen molar-refractivity contribution in [2.24, 2.45) is 0 Å². The first-order valence-corrected chi connectivity index (χ1v) is 10.4. The monoisotopic (exact) mass is 445 g/mol. The smallest absolute Gasteiger partial charge is 0.408 e. The number of nitrogens with zero attached hydrogens (tertiary/aromatic N) is 1. The quantitative estimate of drug-likeness (QED) is 0.461. The van der Waals surface area contributed by atoms with Gasteiger partial charge in [0.25, 0.3) is 5.91 Å². The highest BCUT2D eigenvalue weighted by Crippen LogP contribution is 2.27. The summed E-state index contributed by atoms with van der Waals surface area (Å²) in [7, 11) is 0. The molecule has 8 heteroatoms. The van der Waals surface area contributed by atoms with Gasteiger partial charge in [0.1, 0.15) is 17.7 Å². The first-order valence-electron chi connectivity index (χ1n) is 10.4. The Kier molecular flexibility index (Phi) is 8.86. The van der Waals surface area contributed by atoms with Crippen molar-refractivity contribution in [2.75, 3.05) is 6.61 Å². The number of aliphatic hydroxyl groups is 1. The molecule has 0 spiro atoms. The predicted octanol–water partition coefficient (Wildman–Crippen LogP) is 2.56. The van der Waals surface area contributed by atoms with Crippen LogP contribution in [0.2, 0.25) is 0 Å². The van der Waals surface area contributed by atoms with E-state index in [4.69, 9.17) is 11.2 Å². The van der Waals surface area contributed by atoms with Crippen LogP contribution in [-0.2, 0) is 14.3 Å². The number of carbonyl (C=O) groups is 3. The number of alkyl carbamates (subject to hydrolysis) is 1. The maximum Gasteiger partial charge on any atom is 0.408 e. The minimum atomic E-state index is -1.39. The van der Waals surface area contributed by atoms with Crippen molar-refractivity contribution in [3.05, 3.63) is 34.9 Å². The number of hydrogen-bond acceptors (Lipinski definition) is 5. The number of carbonyl (C=O) groups excluding carboxylic acids is 3. The van der Waals surface area contributed by atoms with Crippen LogP contribution < -0.4 is 10.6 Å². The molecule has 0 aromatic heterocycles. The van der Waals surface area contributed by atoms with Crippen LogP contribution in [0.1, 0.15) is 64.3 Å². The summed E-state index contributed by atoms with van der Waals surface area (Å²) in [6.07, 6.45) is 4.79. The van der Waals surface area contributed by atoms with Gasteiger partial charge in [-0.15, -0.1) is 0 Å². The Morgan fingerprint density at radius 2 is 1.75 bits per heavy atom. The second kappa shape index (κ2) is 10.5. The molecule has 0 saturated heterocycles. The van der Waals surface area contributed by atoms with Gasteiger partial charge in [-0.3, -0.25) is 14.5 Å². The van der Waals surface area contributed by atoms with Crippen LogP contribution in [0.3, 0.4) is 0 Å². The Bertz CT molecular complexity index is 890. The molecule has 1 aromatic carbocycles. The summed E-state index contributed by atoms with van der Waals surface area (Å²) in [6.45, 7) is 13.4. The molecule has 0 radical (unpaired) electrons. The average molecular weight is 446 g/mol. The van der Waals surface area contributed by atoms with Crippen molar-refractivity contribution in [1.82, 2.24) is 15.5 Å². The maximum atomic E-state index is 13.3. The van der Waals surface area contributed by atoms with Crippen LogP contribution in [0.4, 0.5) is 4.79 Å². The van der Waals surface area contributed by atoms with Crippen LogP contribution >= 0.6 is 0 Å². The molecule has 0 fully saturated rings. The van der Waals surface area contributed by atoms with Gasteiger partial charge in [0.05, 0.1) is 6.61 Å². The number of nitrogens with one attached hydrogen (secondary N) is 2. The Morgan fingerprint density at radius 1 is 1.16 bits per heavy atom. The minimum absolute atomic E-state index is 0.480. The number of amides is 3. The molecule has 2 atom stereocenters. The number of rotatable bonds is 6. The number of terminal acetylenes is 1. The molecule has 0 bridgehead atoms. The lowest BCUT2D eigenvalue weighted by atomic mass is 9.95. The zero-order chi connectivity index (χ0) is 24.9. The molecule has 0 saturated carbocycles. The number of ether oxygens (including phenoxy) is 1. The van der Waals surface area contributed by atoms with Gasteiger partial charge in [0, 0.05) is 11.6 Å². The third-order valence-electron chi connectivity index (χ3n) is 4.28. The predicted molar refractivity (Wildman–Crippen MR) is 122 cm³/mol. The van der Waals surface area contributed by atoms with Crippen molar-refractivity contribution in [2.45, 2.75) is 78.6 Å². The van der Waals surface area contributed by atoms with E-state index in [9.17, 15) is 19.5 Å². The molecular formula is C24H35N3O5. The molecule has 0 aliphatic carbocycles. The topological polar surface area (TPSA) is 108 Å². The lowest BCUT2D eigenvalue weighted by Crippen LogP contribution is -2.54. The van der Waals surface area contributed by atoms with Gasteiger partial charge in [0.15, 0.2) is 0 Å². The molecule has 0 aliphatic heterocycles. The molecule has 3 amide bonds. The summed E-state index contributed by atoms with van der Waals surface area (Å²) >= 11 is 0. The number of aliphatic hydroxyl groups excluding tert-OH is 1. The summed E-state index contributed by atoms with van der Waals surface area (Å²) in [5.74, 6) is -1.29. The minimum Gasteiger partial charge on any atom is -0.444 e. The third-order valence-corrected chi connectivity index (χ3v) is 4.28. The average Bonchev–Trinajstić information content (AvgIpc) is 2.62. The van der Waals surface area contributed by atoms with E-state index in [1.54, 1.807) is 26.8 Å². The molecule has 8 nitrogen and oxygen atoms in total. The number of hydrogen-bond donors (Lipinski definition) is 3. The Balaban J connectivity index is 3.40. The molecule has 176 valence electrons. The fourth-order valence-corrected chi connectivity index (χ4v) is 2.96. The van der Waals surface area contributed by atoms with E-state index in [0.29, 0.717) is 5.56 Å². The molecule has 3 N–H and O–H groups in total. The molecule has 1 rings (SSSR count). The van der Waals surface area contributed by atoms with Crippen LogP contribution in [0.5, 0.6) is 0 Å². The van der Waals surface area contributed by atoms with Crippen molar-refractivity contribution in [1.29, 1.82) is 0 Å². The SMILES string of the molecule is C#CN(C(=O)C(CO)NC(=O)OC(C)(C)C)C(C(=O)NC(C)(C)C)c1cc(C)ccc1C. The normalized spacial score (nSPS) is 13.4. The van der Waals surface area contributed by atoms with Gasteiger partial charge in [-0.1, -0.05) is 30.2 Å². The zero-order valence-corrected chi connectivity index (χ0v) is 20.2. The van der Waals surface area contributed by atoms with Crippen LogP contribution in [0.25, 0.3) is 0 Å². The Hall–Kier alpha value is -3.05. The molecular weight excluding hydrogens is 410 g/mol. The lowest BCUT2D eigenvalue weighted by molar-refractivity contribution is -0.139. The summed E-state index contributed by atoms with van der Waals surface area (Å²) in [4.78, 5) is 39.6. The molecule has 0 aliphatic rings. The zero-order valence-electron chi connectivity index (χ0n) is 20.2. The van der Waals surface area contributed by atoms with Crippen LogP contribution in [-0.4, -0.2) is 51.7 Å². The lowest BCUT2D eigenvalue weighted by Gasteiger charge is -2.32. The molecule has 2 unspecified atom stereocenters. The Morgan fingerprint density at radius 3 is 2.22 bits per heavy atom. The summed E-state index contributed by atoms with van der Waals surface area (Å²) in [5.41, 5.74) is 0.813. The van der Waals surface area contributed by atoms with Gasteiger partial charge in [-0.2, -0.15) is 0 Å². The van der Waals surface area contributed by atoms with Crippen molar-refractivity contribution in [3.63, 3.8) is 0 Å². The Labute approximate surface area is 190 Å². The van der Waals surface area contributed by atoms with Crippen molar-refractivity contribution in [3.8, 4) is 12.5 Å². The van der Waals surface area contributed by atoms with E-state index in [1.807, 2.05) is 46.8 Å². The summed E-state index contributed by atoms with van der Waals surface area (Å²) < 4.78 is 5.16. The van der Waals surface area contributed by atoms with Gasteiger partial charge in [-0.05, 0) is 66.5 Å². The van der Waals surface area contributed by atoms with Crippen molar-refractivity contribution < 1.29 is 24.2 Å². The second-order valence-electron chi connectivity index (χ2n) is 9.72. The maximum absolute atomic E-state index is 13.3. The highest BCUT2D eigenvalue weighted by Gasteiger charge is 2.37. The van der Waals surface area contributed by atoms with Gasteiger partial charge in [-0.25, -0.2) is 4.79 Å². The van der Waals surface area contributed by atoms with Gasteiger partial charge < -0.3 is 20.5 Å². The van der Waals surface area contributed by atoms with Gasteiger partial charge >= 0.3 is 6.09 Å². The highest BCUT2D eigenvalue weighted by molar-refractivity contribution is 5.93.